The van der Waals surface area contributed by atoms with Crippen molar-refractivity contribution >= 4 is 21.8 Å². The largest absolute Gasteiger partial charge is 0.508 e. The highest BCUT2D eigenvalue weighted by Crippen LogP contribution is 2.30. The zero-order valence-corrected chi connectivity index (χ0v) is 13.4. The summed E-state index contributed by atoms with van der Waals surface area (Å²) in [5, 5.41) is 9.57. The van der Waals surface area contributed by atoms with Gasteiger partial charge in [-0.3, -0.25) is 4.79 Å². The molecule has 1 aromatic heterocycles. The quantitative estimate of drug-likeness (QED) is 0.921. The highest BCUT2D eigenvalue weighted by molar-refractivity contribution is 9.10. The molecule has 0 atom stereocenters. The number of carbonyl (C=O) groups excluding carboxylic acids is 1. The zero-order valence-electron chi connectivity index (χ0n) is 11.8. The molecule has 2 aromatic rings. The van der Waals surface area contributed by atoms with Crippen LogP contribution in [0.3, 0.4) is 0 Å². The van der Waals surface area contributed by atoms with Crippen LogP contribution < -0.4 is 0 Å². The maximum Gasteiger partial charge on any atom is 0.271 e. The Balaban J connectivity index is 1.85. The van der Waals surface area contributed by atoms with Crippen LogP contribution >= 0.6 is 15.9 Å². The highest BCUT2D eigenvalue weighted by atomic mass is 79.9. The van der Waals surface area contributed by atoms with Crippen LogP contribution in [-0.4, -0.2) is 26.5 Å². The summed E-state index contributed by atoms with van der Waals surface area (Å²) in [4.78, 5) is 14.7. The lowest BCUT2D eigenvalue weighted by molar-refractivity contribution is 0.0720. The minimum Gasteiger partial charge on any atom is -0.508 e. The molecule has 1 aromatic carbocycles. The molecule has 0 aliphatic heterocycles. The molecule has 1 saturated carbocycles. The van der Waals surface area contributed by atoms with Crippen molar-refractivity contribution < 1.29 is 9.90 Å². The summed E-state index contributed by atoms with van der Waals surface area (Å²) >= 11 is 3.40. The standard InChI is InChI=1S/C16H17BrN2O2/c1-18-10-12(17)8-15(18)16(21)19(13-5-6-13)9-11-3-2-4-14(20)7-11/h2-4,7-8,10,13,20H,5-6,9H2,1H3. The van der Waals surface area contributed by atoms with Gasteiger partial charge in [-0.05, 0) is 52.5 Å². The number of aryl methyl sites for hydroxylation is 1. The van der Waals surface area contributed by atoms with Crippen LogP contribution in [0.25, 0.3) is 0 Å². The van der Waals surface area contributed by atoms with Crippen molar-refractivity contribution in [2.75, 3.05) is 0 Å². The fraction of sp³-hybridized carbons (Fsp3) is 0.312. The van der Waals surface area contributed by atoms with Gasteiger partial charge in [0.15, 0.2) is 0 Å². The van der Waals surface area contributed by atoms with Gasteiger partial charge in [-0.1, -0.05) is 12.1 Å². The Morgan fingerprint density at radius 2 is 2.19 bits per heavy atom. The van der Waals surface area contributed by atoms with E-state index >= 15 is 0 Å². The first-order chi connectivity index (χ1) is 10.0. The number of halogens is 1. The van der Waals surface area contributed by atoms with Gasteiger partial charge >= 0.3 is 0 Å². The average Bonchev–Trinajstić information content (AvgIpc) is 3.21. The normalized spacial score (nSPS) is 14.2. The van der Waals surface area contributed by atoms with E-state index in [1.165, 1.54) is 0 Å². The molecule has 110 valence electrons. The molecule has 1 aliphatic rings. The summed E-state index contributed by atoms with van der Waals surface area (Å²) < 4.78 is 2.74. The molecule has 1 fully saturated rings. The predicted octanol–water partition coefficient (Wildman–Crippen LogP) is 3.30. The van der Waals surface area contributed by atoms with Gasteiger partial charge in [0.05, 0.1) is 0 Å². The molecule has 5 heteroatoms. The van der Waals surface area contributed by atoms with Crippen LogP contribution in [0.15, 0.2) is 41.0 Å². The minimum absolute atomic E-state index is 0.0362. The van der Waals surface area contributed by atoms with Gasteiger partial charge in [0, 0.05) is 30.3 Å². The number of aromatic nitrogens is 1. The van der Waals surface area contributed by atoms with E-state index in [0.717, 1.165) is 22.9 Å². The van der Waals surface area contributed by atoms with Crippen LogP contribution in [-0.2, 0) is 13.6 Å². The number of hydrogen-bond donors (Lipinski definition) is 1. The Morgan fingerprint density at radius 1 is 1.43 bits per heavy atom. The third kappa shape index (κ3) is 3.13. The second-order valence-corrected chi connectivity index (χ2v) is 6.40. The van der Waals surface area contributed by atoms with Crippen molar-refractivity contribution in [1.82, 2.24) is 9.47 Å². The highest BCUT2D eigenvalue weighted by Gasteiger charge is 2.34. The van der Waals surface area contributed by atoms with Crippen molar-refractivity contribution in [3.63, 3.8) is 0 Å². The summed E-state index contributed by atoms with van der Waals surface area (Å²) in [5.74, 6) is 0.270. The fourth-order valence-electron chi connectivity index (χ4n) is 2.49. The number of phenolic OH excluding ortho intramolecular Hbond substituents is 1. The van der Waals surface area contributed by atoms with Crippen molar-refractivity contribution in [2.45, 2.75) is 25.4 Å². The van der Waals surface area contributed by atoms with E-state index in [2.05, 4.69) is 15.9 Å². The monoisotopic (exact) mass is 348 g/mol. The minimum atomic E-state index is 0.0362. The van der Waals surface area contributed by atoms with Gasteiger partial charge < -0.3 is 14.6 Å². The first-order valence-electron chi connectivity index (χ1n) is 6.95. The van der Waals surface area contributed by atoms with Crippen LogP contribution in [0.4, 0.5) is 0 Å². The van der Waals surface area contributed by atoms with E-state index in [0.29, 0.717) is 18.3 Å². The van der Waals surface area contributed by atoms with Gasteiger partial charge in [-0.25, -0.2) is 0 Å². The molecule has 0 radical (unpaired) electrons. The SMILES string of the molecule is Cn1cc(Br)cc1C(=O)N(Cc1cccc(O)c1)C1CC1. The average molecular weight is 349 g/mol. The molecule has 1 aliphatic carbocycles. The summed E-state index contributed by atoms with van der Waals surface area (Å²) in [6, 6.07) is 9.25. The number of hydrogen-bond acceptors (Lipinski definition) is 2. The zero-order chi connectivity index (χ0) is 15.0. The molecule has 0 unspecified atom stereocenters. The number of nitrogens with zero attached hydrogens (tertiary/aromatic N) is 2. The van der Waals surface area contributed by atoms with Crippen molar-refractivity contribution in [1.29, 1.82) is 0 Å². The predicted molar refractivity (Wildman–Crippen MR) is 84.1 cm³/mol. The van der Waals surface area contributed by atoms with Gasteiger partial charge in [-0.15, -0.1) is 0 Å². The Bertz CT molecular complexity index is 677. The molecule has 21 heavy (non-hydrogen) atoms. The Hall–Kier alpha value is -1.75. The maximum absolute atomic E-state index is 12.8. The number of aromatic hydroxyl groups is 1. The summed E-state index contributed by atoms with van der Waals surface area (Å²) in [5.41, 5.74) is 1.62. The van der Waals surface area contributed by atoms with Crippen molar-refractivity contribution in [3.8, 4) is 5.75 Å². The molecule has 1 amide bonds. The van der Waals surface area contributed by atoms with Crippen LogP contribution in [0, 0.1) is 0 Å². The second-order valence-electron chi connectivity index (χ2n) is 5.49. The van der Waals surface area contributed by atoms with Crippen LogP contribution in [0.5, 0.6) is 5.75 Å². The summed E-state index contributed by atoms with van der Waals surface area (Å²) in [6.45, 7) is 0.528. The Kier molecular flexibility index (Phi) is 3.76. The third-order valence-electron chi connectivity index (χ3n) is 3.70. The number of phenols is 1. The van der Waals surface area contributed by atoms with Gasteiger partial charge in [0.25, 0.3) is 5.91 Å². The number of benzene rings is 1. The molecular weight excluding hydrogens is 332 g/mol. The lowest BCUT2D eigenvalue weighted by atomic mass is 10.2. The molecule has 3 rings (SSSR count). The summed E-state index contributed by atoms with van der Waals surface area (Å²) in [7, 11) is 1.87. The van der Waals surface area contributed by atoms with Crippen molar-refractivity contribution in [3.05, 3.63) is 52.3 Å². The van der Waals surface area contributed by atoms with E-state index in [-0.39, 0.29) is 11.7 Å². The molecule has 0 spiro atoms. The molecule has 4 nitrogen and oxygen atoms in total. The Labute approximate surface area is 132 Å². The second kappa shape index (κ2) is 5.56. The number of carbonyl (C=O) groups is 1. The lowest BCUT2D eigenvalue weighted by Crippen LogP contribution is -2.33. The van der Waals surface area contributed by atoms with Gasteiger partial charge in [0.1, 0.15) is 11.4 Å². The molecule has 0 bridgehead atoms. The first kappa shape index (κ1) is 14.2. The fourth-order valence-corrected chi connectivity index (χ4v) is 3.01. The molecule has 1 N–H and O–H groups in total. The van der Waals surface area contributed by atoms with E-state index in [1.807, 2.05) is 34.8 Å². The van der Waals surface area contributed by atoms with E-state index in [9.17, 15) is 9.90 Å². The van der Waals surface area contributed by atoms with Crippen LogP contribution in [0.1, 0.15) is 28.9 Å². The molecular formula is C16H17BrN2O2. The number of amides is 1. The van der Waals surface area contributed by atoms with Gasteiger partial charge in [0.2, 0.25) is 0 Å². The topological polar surface area (TPSA) is 45.5 Å². The van der Waals surface area contributed by atoms with E-state index in [1.54, 1.807) is 18.2 Å². The van der Waals surface area contributed by atoms with Crippen molar-refractivity contribution in [2.24, 2.45) is 7.05 Å². The maximum atomic E-state index is 12.8. The smallest absolute Gasteiger partial charge is 0.271 e. The number of rotatable bonds is 4. The van der Waals surface area contributed by atoms with E-state index in [4.69, 9.17) is 0 Å². The molecule has 0 saturated heterocycles. The van der Waals surface area contributed by atoms with E-state index < -0.39 is 0 Å². The third-order valence-corrected chi connectivity index (χ3v) is 4.14. The summed E-state index contributed by atoms with van der Waals surface area (Å²) in [6.07, 6.45) is 3.99. The van der Waals surface area contributed by atoms with Gasteiger partial charge in [-0.2, -0.15) is 0 Å². The Morgan fingerprint density at radius 3 is 2.76 bits per heavy atom. The van der Waals surface area contributed by atoms with Crippen LogP contribution in [0.2, 0.25) is 0 Å². The lowest BCUT2D eigenvalue weighted by Gasteiger charge is -2.23. The molecule has 1 heterocycles. The first-order valence-corrected chi connectivity index (χ1v) is 7.74.